The largest absolute Gasteiger partial charge is 0.378 e. The highest BCUT2D eigenvalue weighted by molar-refractivity contribution is 7.11. The number of carbonyl (C=O) groups excluding carboxylic acids is 1. The van der Waals surface area contributed by atoms with E-state index in [4.69, 9.17) is 4.74 Å². The van der Waals surface area contributed by atoms with E-state index in [9.17, 15) is 4.79 Å². The van der Waals surface area contributed by atoms with Crippen LogP contribution in [-0.4, -0.2) is 49.1 Å². The number of nitrogens with zero attached hydrogens (tertiary/aromatic N) is 3. The number of benzene rings is 1. The topological polar surface area (TPSA) is 45.7 Å². The Bertz CT molecular complexity index is 753. The Morgan fingerprint density at radius 3 is 2.60 bits per heavy atom. The standard InChI is InChI=1S/C19H25N3O2S/c1-13(18-14(2)25-15(3)20-18)21(4)19(23)16-7-5-6-8-17(16)22-9-11-24-12-10-22/h5-8,13H,9-12H2,1-4H3/t13-/m0/s1. The van der Waals surface area contributed by atoms with Gasteiger partial charge in [-0.25, -0.2) is 4.98 Å². The Hall–Kier alpha value is -1.92. The van der Waals surface area contributed by atoms with E-state index >= 15 is 0 Å². The second kappa shape index (κ2) is 7.54. The van der Waals surface area contributed by atoms with Crippen LogP contribution in [0.2, 0.25) is 0 Å². The molecule has 0 bridgehead atoms. The first-order valence-electron chi connectivity index (χ1n) is 8.62. The SMILES string of the molecule is Cc1nc([C@H](C)N(C)C(=O)c2ccccc2N2CCOCC2)c(C)s1. The van der Waals surface area contributed by atoms with Crippen LogP contribution in [0.5, 0.6) is 0 Å². The molecule has 1 saturated heterocycles. The number of carbonyl (C=O) groups is 1. The monoisotopic (exact) mass is 359 g/mol. The number of thiazole rings is 1. The molecular weight excluding hydrogens is 334 g/mol. The van der Waals surface area contributed by atoms with Crippen LogP contribution in [0.1, 0.15) is 38.9 Å². The smallest absolute Gasteiger partial charge is 0.256 e. The van der Waals surface area contributed by atoms with E-state index < -0.39 is 0 Å². The van der Waals surface area contributed by atoms with Gasteiger partial charge in [0.1, 0.15) is 0 Å². The third-order valence-corrected chi connectivity index (χ3v) is 5.62. The summed E-state index contributed by atoms with van der Waals surface area (Å²) >= 11 is 1.68. The molecule has 6 heteroatoms. The summed E-state index contributed by atoms with van der Waals surface area (Å²) in [7, 11) is 1.86. The van der Waals surface area contributed by atoms with Gasteiger partial charge in [0, 0.05) is 30.7 Å². The molecule has 1 aliphatic heterocycles. The lowest BCUT2D eigenvalue weighted by molar-refractivity contribution is 0.0739. The first-order valence-corrected chi connectivity index (χ1v) is 9.43. The fraction of sp³-hybridized carbons (Fsp3) is 0.474. The average molecular weight is 359 g/mol. The van der Waals surface area contributed by atoms with Crippen LogP contribution in [0, 0.1) is 13.8 Å². The summed E-state index contributed by atoms with van der Waals surface area (Å²) in [6.07, 6.45) is 0. The van der Waals surface area contributed by atoms with Crippen molar-refractivity contribution in [3.63, 3.8) is 0 Å². The Kier molecular flexibility index (Phi) is 5.39. The van der Waals surface area contributed by atoms with E-state index in [2.05, 4.69) is 16.8 Å². The quantitative estimate of drug-likeness (QED) is 0.839. The van der Waals surface area contributed by atoms with E-state index in [1.165, 1.54) is 4.88 Å². The zero-order valence-corrected chi connectivity index (χ0v) is 16.1. The predicted octanol–water partition coefficient (Wildman–Crippen LogP) is 3.43. The third kappa shape index (κ3) is 3.70. The highest BCUT2D eigenvalue weighted by Gasteiger charge is 2.26. The molecule has 1 fully saturated rings. The van der Waals surface area contributed by atoms with Crippen LogP contribution < -0.4 is 4.90 Å². The average Bonchev–Trinajstić information content (AvgIpc) is 2.98. The lowest BCUT2D eigenvalue weighted by atomic mass is 10.1. The van der Waals surface area contributed by atoms with Gasteiger partial charge in [0.25, 0.3) is 5.91 Å². The van der Waals surface area contributed by atoms with Gasteiger partial charge in [-0.2, -0.15) is 0 Å². The van der Waals surface area contributed by atoms with Crippen LogP contribution >= 0.6 is 11.3 Å². The molecular formula is C19H25N3O2S. The summed E-state index contributed by atoms with van der Waals surface area (Å²) in [6.45, 7) is 9.14. The van der Waals surface area contributed by atoms with Crippen LogP contribution in [0.25, 0.3) is 0 Å². The van der Waals surface area contributed by atoms with E-state index in [0.717, 1.165) is 35.0 Å². The van der Waals surface area contributed by atoms with E-state index in [-0.39, 0.29) is 11.9 Å². The molecule has 0 radical (unpaired) electrons. The fourth-order valence-corrected chi connectivity index (χ4v) is 4.12. The molecule has 1 aromatic carbocycles. The van der Waals surface area contributed by atoms with Gasteiger partial charge in [0.2, 0.25) is 0 Å². The number of hydrogen-bond acceptors (Lipinski definition) is 5. The minimum Gasteiger partial charge on any atom is -0.378 e. The highest BCUT2D eigenvalue weighted by atomic mass is 32.1. The summed E-state index contributed by atoms with van der Waals surface area (Å²) in [4.78, 5) is 23.0. The van der Waals surface area contributed by atoms with Gasteiger partial charge in [-0.1, -0.05) is 12.1 Å². The third-order valence-electron chi connectivity index (χ3n) is 4.72. The van der Waals surface area contributed by atoms with Crippen molar-refractivity contribution in [3.8, 4) is 0 Å². The van der Waals surface area contributed by atoms with Gasteiger partial charge in [0.05, 0.1) is 35.5 Å². The molecule has 0 spiro atoms. The van der Waals surface area contributed by atoms with Crippen molar-refractivity contribution in [1.82, 2.24) is 9.88 Å². The fourth-order valence-electron chi connectivity index (χ4n) is 3.22. The van der Waals surface area contributed by atoms with Crippen molar-refractivity contribution in [3.05, 3.63) is 45.4 Å². The van der Waals surface area contributed by atoms with Crippen molar-refractivity contribution >= 4 is 22.9 Å². The van der Waals surface area contributed by atoms with Gasteiger partial charge < -0.3 is 14.5 Å². The highest BCUT2D eigenvalue weighted by Crippen LogP contribution is 2.29. The normalized spacial score (nSPS) is 15.9. The number of morpholine rings is 1. The number of aryl methyl sites for hydroxylation is 2. The summed E-state index contributed by atoms with van der Waals surface area (Å²) in [5, 5.41) is 1.04. The number of aromatic nitrogens is 1. The Balaban J connectivity index is 1.86. The zero-order valence-electron chi connectivity index (χ0n) is 15.3. The maximum absolute atomic E-state index is 13.2. The molecule has 2 aromatic rings. The van der Waals surface area contributed by atoms with Gasteiger partial charge in [-0.15, -0.1) is 11.3 Å². The molecule has 1 atom stereocenters. The maximum Gasteiger partial charge on any atom is 0.256 e. The van der Waals surface area contributed by atoms with Crippen molar-refractivity contribution < 1.29 is 9.53 Å². The number of ether oxygens (including phenoxy) is 1. The molecule has 0 saturated carbocycles. The predicted molar refractivity (Wildman–Crippen MR) is 102 cm³/mol. The van der Waals surface area contributed by atoms with Crippen LogP contribution in [0.4, 0.5) is 5.69 Å². The van der Waals surface area contributed by atoms with Crippen molar-refractivity contribution in [1.29, 1.82) is 0 Å². The summed E-state index contributed by atoms with van der Waals surface area (Å²) in [6, 6.07) is 7.78. The second-order valence-electron chi connectivity index (χ2n) is 6.38. The number of hydrogen-bond donors (Lipinski definition) is 0. The Morgan fingerprint density at radius 2 is 1.96 bits per heavy atom. The molecule has 0 unspecified atom stereocenters. The lowest BCUT2D eigenvalue weighted by Gasteiger charge is -2.32. The molecule has 0 aliphatic carbocycles. The van der Waals surface area contributed by atoms with Crippen LogP contribution in [-0.2, 0) is 4.74 Å². The van der Waals surface area contributed by atoms with Crippen molar-refractivity contribution in [2.24, 2.45) is 0 Å². The van der Waals surface area contributed by atoms with E-state index in [0.29, 0.717) is 13.2 Å². The molecule has 134 valence electrons. The van der Waals surface area contributed by atoms with Crippen LogP contribution in [0.15, 0.2) is 24.3 Å². The summed E-state index contributed by atoms with van der Waals surface area (Å²) in [5.74, 6) is 0.0274. The molecule has 25 heavy (non-hydrogen) atoms. The summed E-state index contributed by atoms with van der Waals surface area (Å²) in [5.41, 5.74) is 2.71. The molecule has 1 aliphatic rings. The molecule has 1 aromatic heterocycles. The van der Waals surface area contributed by atoms with Crippen molar-refractivity contribution in [2.45, 2.75) is 26.8 Å². The molecule has 0 N–H and O–H groups in total. The van der Waals surface area contributed by atoms with Gasteiger partial charge in [-0.05, 0) is 32.9 Å². The molecule has 3 rings (SSSR count). The van der Waals surface area contributed by atoms with Crippen molar-refractivity contribution in [2.75, 3.05) is 38.3 Å². The maximum atomic E-state index is 13.2. The van der Waals surface area contributed by atoms with E-state index in [1.54, 1.807) is 16.2 Å². The van der Waals surface area contributed by atoms with Crippen LogP contribution in [0.3, 0.4) is 0 Å². The number of amides is 1. The van der Waals surface area contributed by atoms with Gasteiger partial charge in [-0.3, -0.25) is 4.79 Å². The molecule has 5 nitrogen and oxygen atoms in total. The first-order chi connectivity index (χ1) is 12.0. The first kappa shape index (κ1) is 17.9. The Morgan fingerprint density at radius 1 is 1.28 bits per heavy atom. The summed E-state index contributed by atoms with van der Waals surface area (Å²) < 4.78 is 5.44. The minimum atomic E-state index is -0.0600. The number of anilines is 1. The number of rotatable bonds is 4. The zero-order chi connectivity index (χ0) is 18.0. The molecule has 2 heterocycles. The second-order valence-corrected chi connectivity index (χ2v) is 7.79. The minimum absolute atomic E-state index is 0.0274. The lowest BCUT2D eigenvalue weighted by Crippen LogP contribution is -2.38. The Labute approximate surface area is 153 Å². The number of para-hydroxylation sites is 1. The van der Waals surface area contributed by atoms with E-state index in [1.807, 2.05) is 45.2 Å². The molecule has 1 amide bonds. The van der Waals surface area contributed by atoms with Gasteiger partial charge >= 0.3 is 0 Å². The van der Waals surface area contributed by atoms with Gasteiger partial charge in [0.15, 0.2) is 0 Å².